The molecule has 0 N–H and O–H groups in total. The Bertz CT molecular complexity index is 517. The molecule has 17 heavy (non-hydrogen) atoms. The molecule has 0 bridgehead atoms. The minimum Gasteiger partial charge on any atom is -0.220 e. The molecule has 0 aliphatic carbocycles. The molecule has 0 amide bonds. The Kier molecular flexibility index (Phi) is 2.87. The first-order valence-electron chi connectivity index (χ1n) is 5.10. The highest BCUT2D eigenvalue weighted by atomic mass is 19.4. The lowest BCUT2D eigenvalue weighted by Crippen LogP contribution is -2.10. The average Bonchev–Trinajstić information content (AvgIpc) is 2.76. The molecule has 0 saturated carbocycles. The summed E-state index contributed by atoms with van der Waals surface area (Å²) < 4.78 is 39.4. The summed E-state index contributed by atoms with van der Waals surface area (Å²) in [5.74, 6) is 0. The van der Waals surface area contributed by atoms with Crippen molar-refractivity contribution in [2.45, 2.75) is 19.5 Å². The number of hydrogen-bond acceptors (Lipinski definition) is 2. The lowest BCUT2D eigenvalue weighted by molar-refractivity contribution is -0.137. The number of benzene rings is 1. The van der Waals surface area contributed by atoms with E-state index in [1.165, 1.54) is 24.4 Å². The van der Waals surface area contributed by atoms with Crippen LogP contribution in [-0.4, -0.2) is 15.0 Å². The smallest absolute Gasteiger partial charge is 0.220 e. The summed E-state index contributed by atoms with van der Waals surface area (Å²) in [6, 6.07) is 5.29. The highest BCUT2D eigenvalue weighted by molar-refractivity contribution is 5.42. The summed E-state index contributed by atoms with van der Waals surface area (Å²) in [7, 11) is 0. The second-order valence-corrected chi connectivity index (χ2v) is 3.52. The second kappa shape index (κ2) is 4.20. The third-order valence-electron chi connectivity index (χ3n) is 2.36. The van der Waals surface area contributed by atoms with Crippen LogP contribution in [0.5, 0.6) is 0 Å². The maximum Gasteiger partial charge on any atom is 0.418 e. The van der Waals surface area contributed by atoms with Gasteiger partial charge in [-0.2, -0.15) is 13.2 Å². The summed E-state index contributed by atoms with van der Waals surface area (Å²) in [4.78, 5) is 0. The first-order valence-corrected chi connectivity index (χ1v) is 5.10. The molecular weight excluding hydrogens is 231 g/mol. The van der Waals surface area contributed by atoms with Crippen LogP contribution in [0, 0.1) is 0 Å². The molecule has 0 atom stereocenters. The summed E-state index contributed by atoms with van der Waals surface area (Å²) in [5.41, 5.74) is -0.0678. The zero-order valence-corrected chi connectivity index (χ0v) is 9.07. The van der Waals surface area contributed by atoms with Crippen molar-refractivity contribution in [1.29, 1.82) is 0 Å². The van der Waals surface area contributed by atoms with Crippen molar-refractivity contribution >= 4 is 0 Å². The SMILES string of the molecule is CCc1cn(-c2ccccc2C(F)(F)F)nn1. The summed E-state index contributed by atoms with van der Waals surface area (Å²) in [6.45, 7) is 1.87. The van der Waals surface area contributed by atoms with Crippen molar-refractivity contribution in [2.24, 2.45) is 0 Å². The molecule has 3 nitrogen and oxygen atoms in total. The van der Waals surface area contributed by atoms with E-state index in [0.717, 1.165) is 10.7 Å². The number of aryl methyl sites for hydroxylation is 1. The molecule has 1 aromatic heterocycles. The van der Waals surface area contributed by atoms with Crippen LogP contribution in [-0.2, 0) is 12.6 Å². The topological polar surface area (TPSA) is 30.7 Å². The third kappa shape index (κ3) is 2.30. The van der Waals surface area contributed by atoms with Gasteiger partial charge in [-0.15, -0.1) is 5.10 Å². The van der Waals surface area contributed by atoms with Crippen LogP contribution in [0.1, 0.15) is 18.2 Å². The van der Waals surface area contributed by atoms with Gasteiger partial charge in [-0.1, -0.05) is 24.3 Å². The zero-order valence-electron chi connectivity index (χ0n) is 9.07. The number of nitrogens with zero attached hydrogens (tertiary/aromatic N) is 3. The summed E-state index contributed by atoms with van der Waals surface area (Å²) in [6.07, 6.45) is -2.26. The van der Waals surface area contributed by atoms with Gasteiger partial charge in [0.25, 0.3) is 0 Å². The van der Waals surface area contributed by atoms with Crippen molar-refractivity contribution < 1.29 is 13.2 Å². The van der Waals surface area contributed by atoms with E-state index in [1.807, 2.05) is 6.92 Å². The molecule has 0 saturated heterocycles. The molecule has 0 unspecified atom stereocenters. The Hall–Kier alpha value is -1.85. The number of para-hydroxylation sites is 1. The monoisotopic (exact) mass is 241 g/mol. The largest absolute Gasteiger partial charge is 0.418 e. The van der Waals surface area contributed by atoms with E-state index in [4.69, 9.17) is 0 Å². The maximum absolute atomic E-state index is 12.8. The Balaban J connectivity index is 2.52. The minimum atomic E-state index is -4.39. The van der Waals surface area contributed by atoms with Crippen molar-refractivity contribution in [1.82, 2.24) is 15.0 Å². The number of aromatic nitrogens is 3. The molecule has 90 valence electrons. The summed E-state index contributed by atoms with van der Waals surface area (Å²) in [5, 5.41) is 7.48. The fraction of sp³-hybridized carbons (Fsp3) is 0.273. The van der Waals surface area contributed by atoms with Gasteiger partial charge in [0, 0.05) is 0 Å². The molecule has 0 aliphatic rings. The normalized spacial score (nSPS) is 11.8. The van der Waals surface area contributed by atoms with Crippen LogP contribution >= 0.6 is 0 Å². The van der Waals surface area contributed by atoms with Gasteiger partial charge >= 0.3 is 6.18 Å². The number of alkyl halides is 3. The van der Waals surface area contributed by atoms with Crippen molar-refractivity contribution in [3.8, 4) is 5.69 Å². The van der Waals surface area contributed by atoms with Gasteiger partial charge in [0.2, 0.25) is 0 Å². The summed E-state index contributed by atoms with van der Waals surface area (Å²) >= 11 is 0. The van der Waals surface area contributed by atoms with E-state index in [2.05, 4.69) is 10.3 Å². The minimum absolute atomic E-state index is 0.00722. The molecule has 2 rings (SSSR count). The van der Waals surface area contributed by atoms with Gasteiger partial charge in [0.05, 0.1) is 23.1 Å². The van der Waals surface area contributed by atoms with E-state index < -0.39 is 11.7 Å². The van der Waals surface area contributed by atoms with Gasteiger partial charge in [0.15, 0.2) is 0 Å². The number of halogens is 3. The second-order valence-electron chi connectivity index (χ2n) is 3.52. The molecular formula is C11H10F3N3. The third-order valence-corrected chi connectivity index (χ3v) is 2.36. The van der Waals surface area contributed by atoms with Crippen molar-refractivity contribution in [3.05, 3.63) is 41.7 Å². The van der Waals surface area contributed by atoms with Crippen LogP contribution in [0.4, 0.5) is 13.2 Å². The highest BCUT2D eigenvalue weighted by Gasteiger charge is 2.33. The fourth-order valence-electron chi connectivity index (χ4n) is 1.49. The predicted octanol–water partition coefficient (Wildman–Crippen LogP) is 2.85. The molecule has 1 heterocycles. The lowest BCUT2D eigenvalue weighted by Gasteiger charge is -2.11. The van der Waals surface area contributed by atoms with E-state index in [-0.39, 0.29) is 5.69 Å². The molecule has 0 fully saturated rings. The van der Waals surface area contributed by atoms with Gasteiger partial charge in [0.1, 0.15) is 0 Å². The molecule has 2 aromatic rings. The number of rotatable bonds is 2. The number of hydrogen-bond donors (Lipinski definition) is 0. The highest BCUT2D eigenvalue weighted by Crippen LogP contribution is 2.33. The van der Waals surface area contributed by atoms with Crippen molar-refractivity contribution in [2.75, 3.05) is 0 Å². The molecule has 0 spiro atoms. The van der Waals surface area contributed by atoms with E-state index in [0.29, 0.717) is 12.1 Å². The van der Waals surface area contributed by atoms with E-state index >= 15 is 0 Å². The molecule has 0 aliphatic heterocycles. The van der Waals surface area contributed by atoms with Crippen LogP contribution in [0.25, 0.3) is 5.69 Å². The Morgan fingerprint density at radius 2 is 1.94 bits per heavy atom. The van der Waals surface area contributed by atoms with Gasteiger partial charge < -0.3 is 0 Å². The van der Waals surface area contributed by atoms with Crippen LogP contribution in [0.2, 0.25) is 0 Å². The maximum atomic E-state index is 12.8. The molecule has 1 aromatic carbocycles. The standard InChI is InChI=1S/C11H10F3N3/c1-2-8-7-17(16-15-8)10-6-4-3-5-9(10)11(12,13)14/h3-7H,2H2,1H3. The first kappa shape index (κ1) is 11.6. The lowest BCUT2D eigenvalue weighted by atomic mass is 10.1. The van der Waals surface area contributed by atoms with Gasteiger partial charge in [-0.25, -0.2) is 4.68 Å². The first-order chi connectivity index (χ1) is 8.02. The zero-order chi connectivity index (χ0) is 12.5. The quantitative estimate of drug-likeness (QED) is 0.809. The van der Waals surface area contributed by atoms with E-state index in [9.17, 15) is 13.2 Å². The predicted molar refractivity (Wildman–Crippen MR) is 55.7 cm³/mol. The Labute approximate surface area is 95.9 Å². The van der Waals surface area contributed by atoms with Crippen LogP contribution in [0.3, 0.4) is 0 Å². The van der Waals surface area contributed by atoms with Crippen molar-refractivity contribution in [3.63, 3.8) is 0 Å². The van der Waals surface area contributed by atoms with Crippen LogP contribution < -0.4 is 0 Å². The fourth-order valence-corrected chi connectivity index (χ4v) is 1.49. The Morgan fingerprint density at radius 1 is 1.24 bits per heavy atom. The molecule has 0 radical (unpaired) electrons. The molecule has 6 heteroatoms. The Morgan fingerprint density at radius 3 is 2.53 bits per heavy atom. The van der Waals surface area contributed by atoms with Crippen LogP contribution in [0.15, 0.2) is 30.5 Å². The van der Waals surface area contributed by atoms with Gasteiger partial charge in [-0.05, 0) is 18.6 Å². The van der Waals surface area contributed by atoms with Gasteiger partial charge in [-0.3, -0.25) is 0 Å². The van der Waals surface area contributed by atoms with E-state index in [1.54, 1.807) is 0 Å². The average molecular weight is 241 g/mol.